The molecule has 1 unspecified atom stereocenters. The fourth-order valence-corrected chi connectivity index (χ4v) is 2.20. The number of nitrogens with zero attached hydrogens (tertiary/aromatic N) is 1. The Labute approximate surface area is 71.7 Å². The Morgan fingerprint density at radius 2 is 2.08 bits per heavy atom. The van der Waals surface area contributed by atoms with Crippen molar-refractivity contribution in [2.24, 2.45) is 0 Å². The van der Waals surface area contributed by atoms with Gasteiger partial charge in [0.2, 0.25) is 4.93 Å². The van der Waals surface area contributed by atoms with Gasteiger partial charge in [0.15, 0.2) is 0 Å². The van der Waals surface area contributed by atoms with E-state index in [1.807, 2.05) is 0 Å². The number of piperidine rings is 1. The summed E-state index contributed by atoms with van der Waals surface area (Å²) in [5, 5.41) is 9.50. The first-order valence-corrected chi connectivity index (χ1v) is 5.17. The third kappa shape index (κ3) is 1.77. The molecule has 1 saturated heterocycles. The van der Waals surface area contributed by atoms with Gasteiger partial charge in [0.25, 0.3) is 10.1 Å². The molecule has 1 aliphatic heterocycles. The molecule has 0 amide bonds. The maximum Gasteiger partial charge on any atom is 0.296 e. The topological polar surface area (TPSA) is 77.8 Å². The highest BCUT2D eigenvalue weighted by atomic mass is 32.2. The Bertz CT molecular complexity index is 263. The zero-order valence-electron chi connectivity index (χ0n) is 6.89. The molecule has 1 heterocycles. The number of β-amino-alcohol motifs (C(OH)–C–C–N with tert-alkyl or cyclic N) is 1. The zero-order valence-corrected chi connectivity index (χ0v) is 7.71. The molecule has 6 heteroatoms. The standard InChI is InChI=1S/C6H13NO4S/c1-7-4-2-3-6(8,5-7)12(9,10)11/h8H,2-5H2,1H3,(H,9,10,11). The first kappa shape index (κ1) is 9.91. The van der Waals surface area contributed by atoms with Crippen LogP contribution in [0.4, 0.5) is 0 Å². The summed E-state index contributed by atoms with van der Waals surface area (Å²) in [6, 6.07) is 0. The molecule has 0 aromatic rings. The summed E-state index contributed by atoms with van der Waals surface area (Å²) in [6.45, 7) is 0.726. The zero-order chi connectivity index (χ0) is 9.41. The van der Waals surface area contributed by atoms with E-state index in [0.717, 1.165) is 6.54 Å². The van der Waals surface area contributed by atoms with E-state index in [9.17, 15) is 13.5 Å². The van der Waals surface area contributed by atoms with E-state index in [4.69, 9.17) is 4.55 Å². The average Bonchev–Trinajstić information content (AvgIpc) is 1.83. The lowest BCUT2D eigenvalue weighted by molar-refractivity contribution is 0.0384. The number of hydrogen-bond donors (Lipinski definition) is 2. The van der Waals surface area contributed by atoms with E-state index >= 15 is 0 Å². The Morgan fingerprint density at radius 3 is 2.42 bits per heavy atom. The molecule has 0 bridgehead atoms. The second-order valence-electron chi connectivity index (χ2n) is 3.26. The van der Waals surface area contributed by atoms with Gasteiger partial charge in [-0.25, -0.2) is 0 Å². The van der Waals surface area contributed by atoms with Crippen molar-refractivity contribution in [2.45, 2.75) is 17.8 Å². The second-order valence-corrected chi connectivity index (χ2v) is 4.97. The van der Waals surface area contributed by atoms with Gasteiger partial charge in [-0.1, -0.05) is 0 Å². The smallest absolute Gasteiger partial charge is 0.296 e. The molecule has 2 N–H and O–H groups in total. The highest BCUT2D eigenvalue weighted by molar-refractivity contribution is 7.87. The highest BCUT2D eigenvalue weighted by Crippen LogP contribution is 2.24. The predicted molar refractivity (Wildman–Crippen MR) is 43.2 cm³/mol. The summed E-state index contributed by atoms with van der Waals surface area (Å²) in [6.07, 6.45) is 0.683. The van der Waals surface area contributed by atoms with E-state index < -0.39 is 15.1 Å². The molecule has 1 rings (SSSR count). The number of aliphatic hydroxyl groups is 1. The molecule has 0 aromatic heterocycles. The minimum Gasteiger partial charge on any atom is -0.371 e. The van der Waals surface area contributed by atoms with Gasteiger partial charge in [0.05, 0.1) is 0 Å². The van der Waals surface area contributed by atoms with Crippen molar-refractivity contribution >= 4 is 10.1 Å². The van der Waals surface area contributed by atoms with Crippen molar-refractivity contribution in [2.75, 3.05) is 20.1 Å². The fourth-order valence-electron chi connectivity index (χ4n) is 1.42. The van der Waals surface area contributed by atoms with E-state index in [2.05, 4.69) is 0 Å². The predicted octanol–water partition coefficient (Wildman–Crippen LogP) is -0.712. The molecule has 0 spiro atoms. The van der Waals surface area contributed by atoms with Crippen LogP contribution in [0.25, 0.3) is 0 Å². The van der Waals surface area contributed by atoms with Gasteiger partial charge in [0.1, 0.15) is 0 Å². The average molecular weight is 195 g/mol. The Morgan fingerprint density at radius 1 is 1.50 bits per heavy atom. The molecule has 1 aliphatic rings. The lowest BCUT2D eigenvalue weighted by Crippen LogP contribution is -2.51. The van der Waals surface area contributed by atoms with Crippen LogP contribution in [0, 0.1) is 0 Å². The summed E-state index contributed by atoms with van der Waals surface area (Å²) < 4.78 is 30.2. The first-order chi connectivity index (χ1) is 5.35. The summed E-state index contributed by atoms with van der Waals surface area (Å²) in [7, 11) is -2.64. The number of likely N-dealkylation sites (tertiary alicyclic amines) is 1. The minimum atomic E-state index is -4.34. The van der Waals surface area contributed by atoms with Crippen LogP contribution < -0.4 is 0 Å². The van der Waals surface area contributed by atoms with Gasteiger partial charge in [-0.05, 0) is 26.4 Å². The molecule has 0 aromatic carbocycles. The lowest BCUT2D eigenvalue weighted by atomic mass is 10.1. The van der Waals surface area contributed by atoms with Gasteiger partial charge in [0, 0.05) is 6.54 Å². The quantitative estimate of drug-likeness (QED) is 0.540. The second kappa shape index (κ2) is 2.95. The molecule has 5 nitrogen and oxygen atoms in total. The van der Waals surface area contributed by atoms with Crippen LogP contribution in [0.1, 0.15) is 12.8 Å². The maximum absolute atomic E-state index is 10.7. The van der Waals surface area contributed by atoms with Gasteiger partial charge < -0.3 is 10.0 Å². The molecular formula is C6H13NO4S. The molecule has 12 heavy (non-hydrogen) atoms. The van der Waals surface area contributed by atoms with E-state index in [1.54, 1.807) is 11.9 Å². The van der Waals surface area contributed by atoms with Gasteiger partial charge >= 0.3 is 0 Å². The summed E-state index contributed by atoms with van der Waals surface area (Å²) in [5.41, 5.74) is 0. The summed E-state index contributed by atoms with van der Waals surface area (Å²) in [5.74, 6) is 0. The van der Waals surface area contributed by atoms with Crippen LogP contribution in [-0.2, 0) is 10.1 Å². The van der Waals surface area contributed by atoms with Crippen molar-refractivity contribution in [3.63, 3.8) is 0 Å². The van der Waals surface area contributed by atoms with Crippen LogP contribution >= 0.6 is 0 Å². The number of rotatable bonds is 1. The van der Waals surface area contributed by atoms with Crippen LogP contribution in [-0.4, -0.2) is 48.0 Å². The molecule has 0 radical (unpaired) electrons. The van der Waals surface area contributed by atoms with Gasteiger partial charge in [-0.15, -0.1) is 0 Å². The number of hydrogen-bond acceptors (Lipinski definition) is 4. The first-order valence-electron chi connectivity index (χ1n) is 3.73. The summed E-state index contributed by atoms with van der Waals surface area (Å²) in [4.78, 5) is -0.280. The van der Waals surface area contributed by atoms with E-state index in [0.29, 0.717) is 6.42 Å². The molecule has 0 aliphatic carbocycles. The third-order valence-electron chi connectivity index (χ3n) is 2.10. The van der Waals surface area contributed by atoms with Crippen LogP contribution in [0.3, 0.4) is 0 Å². The molecule has 1 fully saturated rings. The van der Waals surface area contributed by atoms with E-state index in [-0.39, 0.29) is 13.0 Å². The fraction of sp³-hybridized carbons (Fsp3) is 1.00. The normalized spacial score (nSPS) is 33.6. The van der Waals surface area contributed by atoms with E-state index in [1.165, 1.54) is 0 Å². The van der Waals surface area contributed by atoms with Gasteiger partial charge in [-0.2, -0.15) is 8.42 Å². The SMILES string of the molecule is CN1CCCC(O)(S(=O)(=O)O)C1. The summed E-state index contributed by atoms with van der Waals surface area (Å²) >= 11 is 0. The molecule has 0 saturated carbocycles. The monoisotopic (exact) mass is 195 g/mol. The molecule has 1 atom stereocenters. The van der Waals surface area contributed by atoms with Crippen molar-refractivity contribution in [3.05, 3.63) is 0 Å². The van der Waals surface area contributed by atoms with Crippen molar-refractivity contribution < 1.29 is 18.1 Å². The van der Waals surface area contributed by atoms with Crippen LogP contribution in [0.2, 0.25) is 0 Å². The molecular weight excluding hydrogens is 182 g/mol. The molecule has 72 valence electrons. The minimum absolute atomic E-state index is 0.0220. The van der Waals surface area contributed by atoms with Gasteiger partial charge in [-0.3, -0.25) is 4.55 Å². The Hall–Kier alpha value is -0.170. The van der Waals surface area contributed by atoms with Crippen molar-refractivity contribution in [3.8, 4) is 0 Å². The Balaban J connectivity index is 2.84. The van der Waals surface area contributed by atoms with Crippen LogP contribution in [0.15, 0.2) is 0 Å². The van der Waals surface area contributed by atoms with Crippen LogP contribution in [0.5, 0.6) is 0 Å². The maximum atomic E-state index is 10.7. The number of likely N-dealkylation sites (N-methyl/N-ethyl adjacent to an activating group) is 1. The Kier molecular flexibility index (Phi) is 2.44. The van der Waals surface area contributed by atoms with Crippen molar-refractivity contribution in [1.82, 2.24) is 4.90 Å². The highest BCUT2D eigenvalue weighted by Gasteiger charge is 2.43. The largest absolute Gasteiger partial charge is 0.371 e. The van der Waals surface area contributed by atoms with Crippen molar-refractivity contribution in [1.29, 1.82) is 0 Å². The lowest BCUT2D eigenvalue weighted by Gasteiger charge is -2.34. The third-order valence-corrected chi connectivity index (χ3v) is 3.40.